The molecule has 3 heterocycles. The van der Waals surface area contributed by atoms with E-state index in [2.05, 4.69) is 32.6 Å². The molecule has 6 nitrogen and oxygen atoms in total. The van der Waals surface area contributed by atoms with Crippen molar-refractivity contribution >= 4 is 21.8 Å². The van der Waals surface area contributed by atoms with Gasteiger partial charge in [-0.2, -0.15) is 5.10 Å². The lowest BCUT2D eigenvalue weighted by atomic mass is 9.96. The molecule has 2 aromatic heterocycles. The van der Waals surface area contributed by atoms with Crippen molar-refractivity contribution in [3.8, 4) is 11.3 Å². The first kappa shape index (κ1) is 21.7. The van der Waals surface area contributed by atoms with E-state index in [1.54, 1.807) is 4.68 Å². The van der Waals surface area contributed by atoms with E-state index in [-0.39, 0.29) is 25.1 Å². The summed E-state index contributed by atoms with van der Waals surface area (Å²) in [6.07, 6.45) is 4.92. The summed E-state index contributed by atoms with van der Waals surface area (Å²) >= 11 is 3.53. The average molecular weight is 505 g/mol. The predicted molar refractivity (Wildman–Crippen MR) is 131 cm³/mol. The largest absolute Gasteiger partial charge is 0.394 e. The molecule has 1 N–H and O–H groups in total. The van der Waals surface area contributed by atoms with E-state index in [4.69, 9.17) is 5.10 Å². The number of rotatable bonds is 8. The second-order valence-electron chi connectivity index (χ2n) is 8.15. The van der Waals surface area contributed by atoms with Gasteiger partial charge in [0.25, 0.3) is 5.91 Å². The maximum absolute atomic E-state index is 13.7. The third-order valence-electron chi connectivity index (χ3n) is 6.06. The van der Waals surface area contributed by atoms with Crippen molar-refractivity contribution in [2.24, 2.45) is 0 Å². The molecule has 5 rings (SSSR count). The minimum absolute atomic E-state index is 0.0337. The third kappa shape index (κ3) is 4.14. The Balaban J connectivity index is 1.59. The van der Waals surface area contributed by atoms with Gasteiger partial charge >= 0.3 is 0 Å². The Kier molecular flexibility index (Phi) is 6.15. The summed E-state index contributed by atoms with van der Waals surface area (Å²) in [6, 6.07) is 21.9. The summed E-state index contributed by atoms with van der Waals surface area (Å²) in [6.45, 7) is 1.67. The Bertz CT molecular complexity index is 1230. The second-order valence-corrected chi connectivity index (χ2v) is 9.07. The zero-order valence-electron chi connectivity index (χ0n) is 18.1. The molecule has 1 amide bonds. The van der Waals surface area contributed by atoms with E-state index in [1.165, 1.54) is 0 Å². The van der Waals surface area contributed by atoms with Gasteiger partial charge in [-0.1, -0.05) is 58.4 Å². The number of nitrogens with zero attached hydrogens (tertiary/aromatic N) is 4. The van der Waals surface area contributed by atoms with Crippen molar-refractivity contribution in [2.45, 2.75) is 25.6 Å². The zero-order valence-corrected chi connectivity index (χ0v) is 19.7. The van der Waals surface area contributed by atoms with E-state index >= 15 is 0 Å². The zero-order chi connectivity index (χ0) is 22.8. The number of aryl methyl sites for hydroxylation is 1. The van der Waals surface area contributed by atoms with Gasteiger partial charge in [-0.15, -0.1) is 0 Å². The van der Waals surface area contributed by atoms with Crippen LogP contribution in [0.1, 0.15) is 34.1 Å². The van der Waals surface area contributed by atoms with Gasteiger partial charge in [-0.3, -0.25) is 9.48 Å². The Labute approximate surface area is 201 Å². The van der Waals surface area contributed by atoms with E-state index in [0.717, 1.165) is 39.8 Å². The molecule has 1 unspecified atom stereocenters. The summed E-state index contributed by atoms with van der Waals surface area (Å²) in [5.41, 5.74) is 4.31. The molecule has 0 spiro atoms. The lowest BCUT2D eigenvalue weighted by Crippen LogP contribution is -2.32. The van der Waals surface area contributed by atoms with Crippen molar-refractivity contribution in [1.82, 2.24) is 19.2 Å². The molecular weight excluding hydrogens is 480 g/mol. The fourth-order valence-corrected chi connectivity index (χ4v) is 4.86. The van der Waals surface area contributed by atoms with Gasteiger partial charge in [0.05, 0.1) is 24.9 Å². The van der Waals surface area contributed by atoms with Crippen molar-refractivity contribution in [3.63, 3.8) is 0 Å². The fourth-order valence-electron chi connectivity index (χ4n) is 4.60. The molecular formula is C26H25BrN4O2. The van der Waals surface area contributed by atoms with Crippen LogP contribution in [0.2, 0.25) is 0 Å². The van der Waals surface area contributed by atoms with E-state index in [1.807, 2.05) is 71.9 Å². The van der Waals surface area contributed by atoms with Gasteiger partial charge in [-0.05, 0) is 36.2 Å². The number of benzene rings is 2. The molecule has 2 aromatic carbocycles. The highest BCUT2D eigenvalue weighted by Crippen LogP contribution is 2.44. The Hall–Kier alpha value is -3.16. The Morgan fingerprint density at radius 1 is 0.909 bits per heavy atom. The first-order chi connectivity index (χ1) is 16.2. The Morgan fingerprint density at radius 2 is 1.64 bits per heavy atom. The molecule has 1 atom stereocenters. The molecule has 4 aromatic rings. The van der Waals surface area contributed by atoms with Crippen LogP contribution in [-0.2, 0) is 13.1 Å². The number of halogens is 1. The fraction of sp³-hybridized carbons (Fsp3) is 0.231. The summed E-state index contributed by atoms with van der Waals surface area (Å²) in [4.78, 5) is 15.7. The minimum atomic E-state index is -0.229. The molecule has 7 heteroatoms. The van der Waals surface area contributed by atoms with Crippen molar-refractivity contribution in [3.05, 3.63) is 100 Å². The van der Waals surface area contributed by atoms with Crippen LogP contribution in [0.5, 0.6) is 0 Å². The highest BCUT2D eigenvalue weighted by Gasteiger charge is 2.43. The van der Waals surface area contributed by atoms with Crippen LogP contribution < -0.4 is 0 Å². The highest BCUT2D eigenvalue weighted by molar-refractivity contribution is 9.10. The van der Waals surface area contributed by atoms with Gasteiger partial charge in [0, 0.05) is 41.1 Å². The summed E-state index contributed by atoms with van der Waals surface area (Å²) in [7, 11) is 0. The molecule has 0 bridgehead atoms. The van der Waals surface area contributed by atoms with Crippen LogP contribution in [-0.4, -0.2) is 43.4 Å². The van der Waals surface area contributed by atoms with Crippen LogP contribution in [0.4, 0.5) is 0 Å². The maximum atomic E-state index is 13.7. The first-order valence-corrected chi connectivity index (χ1v) is 11.9. The third-order valence-corrected chi connectivity index (χ3v) is 6.59. The summed E-state index contributed by atoms with van der Waals surface area (Å²) < 4.78 is 4.80. The summed E-state index contributed by atoms with van der Waals surface area (Å²) in [5, 5.41) is 14.4. The number of amides is 1. The van der Waals surface area contributed by atoms with Gasteiger partial charge in [0.15, 0.2) is 0 Å². The summed E-state index contributed by atoms with van der Waals surface area (Å²) in [5.74, 6) is -0.0337. The molecule has 33 heavy (non-hydrogen) atoms. The molecule has 0 saturated carbocycles. The molecule has 0 aliphatic carbocycles. The van der Waals surface area contributed by atoms with E-state index in [9.17, 15) is 9.90 Å². The van der Waals surface area contributed by atoms with Gasteiger partial charge in [0.2, 0.25) is 0 Å². The predicted octanol–water partition coefficient (Wildman–Crippen LogP) is 4.74. The number of hydrogen-bond donors (Lipinski definition) is 1. The monoisotopic (exact) mass is 504 g/mol. The molecule has 168 valence electrons. The molecule has 1 aliphatic rings. The molecule has 1 aliphatic heterocycles. The smallest absolute Gasteiger partial charge is 0.273 e. The number of hydrogen-bond acceptors (Lipinski definition) is 3. The van der Waals surface area contributed by atoms with Crippen LogP contribution in [0, 0.1) is 0 Å². The standard InChI is InChI=1S/C26H25BrN4O2/c27-21-11-9-20(10-12-21)24-22-23(19-7-2-1-3-8-19)28-31(17-18-32)25(22)26(33)30(24)16-6-15-29-13-4-5-14-29/h1-5,7-14,24,32H,6,15-18H2. The van der Waals surface area contributed by atoms with Crippen molar-refractivity contribution in [2.75, 3.05) is 13.2 Å². The maximum Gasteiger partial charge on any atom is 0.273 e. The van der Waals surface area contributed by atoms with Crippen molar-refractivity contribution in [1.29, 1.82) is 0 Å². The van der Waals surface area contributed by atoms with Crippen LogP contribution in [0.25, 0.3) is 11.3 Å². The number of carbonyl (C=O) groups excluding carboxylic acids is 1. The number of aromatic nitrogens is 3. The van der Waals surface area contributed by atoms with Gasteiger partial charge in [0.1, 0.15) is 5.69 Å². The quantitative estimate of drug-likeness (QED) is 0.376. The van der Waals surface area contributed by atoms with Crippen molar-refractivity contribution < 1.29 is 9.90 Å². The van der Waals surface area contributed by atoms with Gasteiger partial charge < -0.3 is 14.6 Å². The number of fused-ring (bicyclic) bond motifs is 1. The van der Waals surface area contributed by atoms with Gasteiger partial charge in [-0.25, -0.2) is 0 Å². The minimum Gasteiger partial charge on any atom is -0.394 e. The number of aliphatic hydroxyl groups excluding tert-OH is 1. The van der Waals surface area contributed by atoms with E-state index in [0.29, 0.717) is 12.2 Å². The normalized spacial score (nSPS) is 15.3. The molecule has 0 saturated heterocycles. The lowest BCUT2D eigenvalue weighted by Gasteiger charge is -2.27. The van der Waals surface area contributed by atoms with E-state index < -0.39 is 0 Å². The molecule has 0 fully saturated rings. The van der Waals surface area contributed by atoms with Crippen LogP contribution in [0.15, 0.2) is 83.6 Å². The average Bonchev–Trinajstić information content (AvgIpc) is 3.54. The second kappa shape index (κ2) is 9.37. The Morgan fingerprint density at radius 3 is 2.33 bits per heavy atom. The lowest BCUT2D eigenvalue weighted by molar-refractivity contribution is 0.0733. The molecule has 0 radical (unpaired) electrons. The topological polar surface area (TPSA) is 63.3 Å². The first-order valence-electron chi connectivity index (χ1n) is 11.1. The van der Waals surface area contributed by atoms with Crippen LogP contribution >= 0.6 is 15.9 Å². The van der Waals surface area contributed by atoms with Crippen LogP contribution in [0.3, 0.4) is 0 Å². The number of carbonyl (C=O) groups is 1. The SMILES string of the molecule is O=C1c2c(c(-c3ccccc3)nn2CCO)C(c2ccc(Br)cc2)N1CCCn1cccc1. The number of aliphatic hydroxyl groups is 1. The highest BCUT2D eigenvalue weighted by atomic mass is 79.9.